The molecule has 0 bridgehead atoms. The molecule has 0 spiro atoms. The van der Waals surface area contributed by atoms with Gasteiger partial charge in [-0.1, -0.05) is 67.4 Å². The Morgan fingerprint density at radius 1 is 1.25 bits per heavy atom. The molecule has 0 saturated heterocycles. The molecule has 7 heteroatoms. The molecule has 1 aliphatic carbocycles. The van der Waals surface area contributed by atoms with Crippen LogP contribution in [0.3, 0.4) is 0 Å². The normalized spacial score (nSPS) is 18.8. The van der Waals surface area contributed by atoms with Crippen molar-refractivity contribution in [2.75, 3.05) is 12.3 Å². The number of hydrogen-bond acceptors (Lipinski definition) is 6. The number of ether oxygens (including phenoxy) is 1. The zero-order valence-corrected chi connectivity index (χ0v) is 17.9. The SMILES string of the molecule is C[C@H](OC(=O)c1ccccc1CSC1=NCCS1)C(=O)NC1CCCCCC1. The lowest BCUT2D eigenvalue weighted by Crippen LogP contribution is -2.41. The van der Waals surface area contributed by atoms with E-state index in [1.165, 1.54) is 12.8 Å². The molecule has 3 rings (SSSR count). The third-order valence-corrected chi connectivity index (χ3v) is 7.30. The van der Waals surface area contributed by atoms with E-state index in [1.54, 1.807) is 36.5 Å². The van der Waals surface area contributed by atoms with Crippen LogP contribution in [0.2, 0.25) is 0 Å². The summed E-state index contributed by atoms with van der Waals surface area (Å²) in [7, 11) is 0. The molecule has 0 unspecified atom stereocenters. The number of nitrogens with zero attached hydrogens (tertiary/aromatic N) is 1. The quantitative estimate of drug-likeness (QED) is 0.545. The van der Waals surface area contributed by atoms with Gasteiger partial charge in [0.1, 0.15) is 4.38 Å². The number of benzene rings is 1. The Kier molecular flexibility index (Phi) is 8.27. The Morgan fingerprint density at radius 3 is 2.71 bits per heavy atom. The molecule has 1 aromatic carbocycles. The van der Waals surface area contributed by atoms with Gasteiger partial charge in [-0.05, 0) is 31.4 Å². The van der Waals surface area contributed by atoms with Crippen molar-refractivity contribution in [3.63, 3.8) is 0 Å². The van der Waals surface area contributed by atoms with Crippen molar-refractivity contribution in [2.45, 2.75) is 63.3 Å². The fourth-order valence-electron chi connectivity index (χ4n) is 3.41. The average molecular weight is 421 g/mol. The molecule has 152 valence electrons. The highest BCUT2D eigenvalue weighted by Gasteiger charge is 2.23. The van der Waals surface area contributed by atoms with Crippen LogP contribution in [0.4, 0.5) is 0 Å². The van der Waals surface area contributed by atoms with Gasteiger partial charge in [0, 0.05) is 17.5 Å². The molecular formula is C21H28N2O3S2. The van der Waals surface area contributed by atoms with Crippen LogP contribution < -0.4 is 5.32 Å². The van der Waals surface area contributed by atoms with Crippen molar-refractivity contribution in [1.82, 2.24) is 5.32 Å². The topological polar surface area (TPSA) is 67.8 Å². The zero-order valence-electron chi connectivity index (χ0n) is 16.3. The van der Waals surface area contributed by atoms with E-state index in [-0.39, 0.29) is 11.9 Å². The molecule has 1 aliphatic heterocycles. The molecule has 5 nitrogen and oxygen atoms in total. The first-order chi connectivity index (χ1) is 13.6. The van der Waals surface area contributed by atoms with E-state index >= 15 is 0 Å². The van der Waals surface area contributed by atoms with Gasteiger partial charge in [0.25, 0.3) is 5.91 Å². The van der Waals surface area contributed by atoms with E-state index in [2.05, 4.69) is 10.3 Å². The number of aliphatic imine (C=N–C) groups is 1. The molecule has 1 N–H and O–H groups in total. The summed E-state index contributed by atoms with van der Waals surface area (Å²) < 4.78 is 6.56. The maximum atomic E-state index is 12.7. The number of esters is 1. The molecule has 2 aliphatic rings. The molecule has 1 atom stereocenters. The van der Waals surface area contributed by atoms with E-state index in [9.17, 15) is 9.59 Å². The summed E-state index contributed by atoms with van der Waals surface area (Å²) in [5.74, 6) is 1.05. The summed E-state index contributed by atoms with van der Waals surface area (Å²) in [5.41, 5.74) is 1.43. The molecule has 1 fully saturated rings. The number of hydrogen-bond donors (Lipinski definition) is 1. The smallest absolute Gasteiger partial charge is 0.339 e. The van der Waals surface area contributed by atoms with Crippen LogP contribution in [0.5, 0.6) is 0 Å². The van der Waals surface area contributed by atoms with E-state index in [4.69, 9.17) is 4.74 Å². The molecule has 1 saturated carbocycles. The van der Waals surface area contributed by atoms with Gasteiger partial charge in [-0.15, -0.1) is 0 Å². The third-order valence-electron chi connectivity index (χ3n) is 5.00. The minimum absolute atomic E-state index is 0.199. The number of carbonyl (C=O) groups is 2. The van der Waals surface area contributed by atoms with Gasteiger partial charge in [0.15, 0.2) is 6.10 Å². The minimum atomic E-state index is -0.800. The lowest BCUT2D eigenvalue weighted by atomic mass is 10.1. The van der Waals surface area contributed by atoms with E-state index in [0.717, 1.165) is 47.9 Å². The highest BCUT2D eigenvalue weighted by Crippen LogP contribution is 2.27. The lowest BCUT2D eigenvalue weighted by Gasteiger charge is -2.20. The van der Waals surface area contributed by atoms with Gasteiger partial charge in [0.05, 0.1) is 12.1 Å². The van der Waals surface area contributed by atoms with Crippen LogP contribution in [-0.2, 0) is 15.3 Å². The molecular weight excluding hydrogens is 392 g/mol. The molecule has 1 aromatic rings. The van der Waals surface area contributed by atoms with Gasteiger partial charge in [0.2, 0.25) is 0 Å². The second-order valence-corrected chi connectivity index (χ2v) is 9.49. The predicted molar refractivity (Wildman–Crippen MR) is 117 cm³/mol. The largest absolute Gasteiger partial charge is 0.449 e. The monoisotopic (exact) mass is 420 g/mol. The van der Waals surface area contributed by atoms with Crippen LogP contribution in [0.25, 0.3) is 0 Å². The molecule has 0 radical (unpaired) electrons. The predicted octanol–water partition coefficient (Wildman–Crippen LogP) is 4.41. The van der Waals surface area contributed by atoms with Crippen LogP contribution in [0, 0.1) is 0 Å². The van der Waals surface area contributed by atoms with Crippen LogP contribution in [0.15, 0.2) is 29.3 Å². The Balaban J connectivity index is 1.55. The molecule has 28 heavy (non-hydrogen) atoms. The van der Waals surface area contributed by atoms with Gasteiger partial charge >= 0.3 is 5.97 Å². The first kappa shape index (κ1) is 21.2. The number of rotatable bonds is 6. The molecule has 0 aromatic heterocycles. The fraction of sp³-hybridized carbons (Fsp3) is 0.571. The highest BCUT2D eigenvalue weighted by molar-refractivity contribution is 8.38. The van der Waals surface area contributed by atoms with Gasteiger partial charge in [-0.2, -0.15) is 0 Å². The number of thioether (sulfide) groups is 2. The highest BCUT2D eigenvalue weighted by atomic mass is 32.2. The van der Waals surface area contributed by atoms with Crippen molar-refractivity contribution in [2.24, 2.45) is 4.99 Å². The van der Waals surface area contributed by atoms with Crippen molar-refractivity contribution in [1.29, 1.82) is 0 Å². The number of nitrogens with one attached hydrogen (secondary N) is 1. The zero-order chi connectivity index (χ0) is 19.8. The number of amides is 1. The second-order valence-electron chi connectivity index (χ2n) is 7.19. The fourth-order valence-corrected chi connectivity index (χ4v) is 5.42. The van der Waals surface area contributed by atoms with Crippen molar-refractivity contribution >= 4 is 39.8 Å². The first-order valence-corrected chi connectivity index (χ1v) is 12.0. The third kappa shape index (κ3) is 6.27. The Labute approximate surface area is 175 Å². The summed E-state index contributed by atoms with van der Waals surface area (Å²) >= 11 is 3.40. The summed E-state index contributed by atoms with van der Waals surface area (Å²) in [4.78, 5) is 29.6. The molecule has 1 heterocycles. The standard InChI is InChI=1S/C21H28N2O3S2/c1-15(19(24)23-17-9-4-2-3-5-10-17)26-20(25)18-11-7-6-8-16(18)14-28-21-22-12-13-27-21/h6-8,11,15,17H,2-5,9-10,12-14H2,1H3,(H,23,24)/t15-/m0/s1. The first-order valence-electron chi connectivity index (χ1n) is 10.0. The van der Waals surface area contributed by atoms with Crippen molar-refractivity contribution in [3.8, 4) is 0 Å². The Hall–Kier alpha value is -1.47. The summed E-state index contributed by atoms with van der Waals surface area (Å²) in [6, 6.07) is 7.63. The minimum Gasteiger partial charge on any atom is -0.449 e. The van der Waals surface area contributed by atoms with E-state index in [0.29, 0.717) is 11.3 Å². The van der Waals surface area contributed by atoms with Gasteiger partial charge < -0.3 is 10.1 Å². The van der Waals surface area contributed by atoms with Crippen molar-refractivity contribution in [3.05, 3.63) is 35.4 Å². The van der Waals surface area contributed by atoms with Crippen LogP contribution >= 0.6 is 23.5 Å². The Bertz CT molecular complexity index is 715. The second kappa shape index (κ2) is 10.9. The summed E-state index contributed by atoms with van der Waals surface area (Å²) in [5, 5.41) is 3.05. The molecule has 1 amide bonds. The summed E-state index contributed by atoms with van der Waals surface area (Å²) in [6.07, 6.45) is 5.98. The maximum Gasteiger partial charge on any atom is 0.339 e. The van der Waals surface area contributed by atoms with Gasteiger partial charge in [-0.25, -0.2) is 4.79 Å². The average Bonchev–Trinajstić information content (AvgIpc) is 3.10. The van der Waals surface area contributed by atoms with Crippen molar-refractivity contribution < 1.29 is 14.3 Å². The van der Waals surface area contributed by atoms with Crippen LogP contribution in [-0.4, -0.2) is 40.7 Å². The van der Waals surface area contributed by atoms with E-state index < -0.39 is 12.1 Å². The number of carbonyl (C=O) groups excluding carboxylic acids is 2. The lowest BCUT2D eigenvalue weighted by molar-refractivity contribution is -0.129. The van der Waals surface area contributed by atoms with Gasteiger partial charge in [-0.3, -0.25) is 9.79 Å². The Morgan fingerprint density at radius 2 is 2.00 bits per heavy atom. The summed E-state index contributed by atoms with van der Waals surface area (Å²) in [6.45, 7) is 2.51. The van der Waals surface area contributed by atoms with Crippen LogP contribution in [0.1, 0.15) is 61.4 Å². The van der Waals surface area contributed by atoms with E-state index in [1.807, 2.05) is 18.2 Å². The maximum absolute atomic E-state index is 12.7.